The van der Waals surface area contributed by atoms with Gasteiger partial charge in [-0.25, -0.2) is 9.97 Å². The summed E-state index contributed by atoms with van der Waals surface area (Å²) in [5.74, 6) is 0.378. The predicted molar refractivity (Wildman–Crippen MR) is 99.5 cm³/mol. The minimum atomic E-state index is -0.104. The molecule has 0 radical (unpaired) electrons. The number of carbonyl (C=O) groups is 1. The number of hydrogen-bond donors (Lipinski definition) is 2. The molecule has 1 heterocycles. The minimum Gasteiger partial charge on any atom is -0.350 e. The average Bonchev–Trinajstić information content (AvgIpc) is 2.89. The lowest BCUT2D eigenvalue weighted by molar-refractivity contribution is 0.0928. The Morgan fingerprint density at radius 1 is 1.16 bits per heavy atom. The van der Waals surface area contributed by atoms with Crippen molar-refractivity contribution in [1.82, 2.24) is 15.3 Å². The number of carbonyl (C=O) groups excluding carboxylic acids is 1. The molecule has 1 aromatic heterocycles. The van der Waals surface area contributed by atoms with E-state index in [1.165, 1.54) is 31.2 Å². The van der Waals surface area contributed by atoms with E-state index in [1.807, 2.05) is 6.07 Å². The lowest BCUT2D eigenvalue weighted by Gasteiger charge is -2.16. The van der Waals surface area contributed by atoms with E-state index >= 15 is 0 Å². The van der Waals surface area contributed by atoms with Crippen LogP contribution in [0.2, 0.25) is 0 Å². The maximum absolute atomic E-state index is 12.5. The first-order valence-electron chi connectivity index (χ1n) is 9.14. The van der Waals surface area contributed by atoms with Crippen molar-refractivity contribution in [3.63, 3.8) is 0 Å². The van der Waals surface area contributed by atoms with Crippen LogP contribution in [0.3, 0.4) is 0 Å². The van der Waals surface area contributed by atoms with Gasteiger partial charge in [0.15, 0.2) is 0 Å². The number of nitrogens with zero attached hydrogens (tertiary/aromatic N) is 2. The lowest BCUT2D eigenvalue weighted by atomic mass is 10.1. The Bertz CT molecular complexity index is 708. The van der Waals surface area contributed by atoms with Crippen molar-refractivity contribution in [2.45, 2.75) is 58.0 Å². The zero-order valence-electron chi connectivity index (χ0n) is 14.8. The van der Waals surface area contributed by atoms with E-state index in [-0.39, 0.29) is 11.9 Å². The average molecular weight is 338 g/mol. The van der Waals surface area contributed by atoms with Crippen molar-refractivity contribution < 1.29 is 4.79 Å². The van der Waals surface area contributed by atoms with Gasteiger partial charge in [-0.2, -0.15) is 0 Å². The molecule has 25 heavy (non-hydrogen) atoms. The quantitative estimate of drug-likeness (QED) is 0.813. The first kappa shape index (κ1) is 17.4. The van der Waals surface area contributed by atoms with E-state index in [1.54, 1.807) is 12.3 Å². The molecule has 1 amide bonds. The van der Waals surface area contributed by atoms with Crippen LogP contribution in [0.25, 0.3) is 0 Å². The minimum absolute atomic E-state index is 0.104. The number of aryl methyl sites for hydroxylation is 1. The van der Waals surface area contributed by atoms with E-state index in [2.05, 4.69) is 45.7 Å². The molecule has 0 atom stereocenters. The zero-order chi connectivity index (χ0) is 17.5. The summed E-state index contributed by atoms with van der Waals surface area (Å²) in [6.45, 7) is 2.70. The number of anilines is 1. The third-order valence-electron chi connectivity index (χ3n) is 4.61. The second kappa shape index (κ2) is 8.60. The molecule has 1 saturated carbocycles. The van der Waals surface area contributed by atoms with Crippen molar-refractivity contribution in [3.05, 3.63) is 53.3 Å². The van der Waals surface area contributed by atoms with E-state index in [4.69, 9.17) is 0 Å². The highest BCUT2D eigenvalue weighted by Crippen LogP contribution is 2.17. The van der Waals surface area contributed by atoms with E-state index in [9.17, 15) is 4.79 Å². The molecule has 0 saturated heterocycles. The van der Waals surface area contributed by atoms with Crippen LogP contribution < -0.4 is 10.6 Å². The van der Waals surface area contributed by atoms with Gasteiger partial charge in [0.25, 0.3) is 5.91 Å². The Labute approximate surface area is 149 Å². The van der Waals surface area contributed by atoms with Crippen molar-refractivity contribution >= 4 is 11.9 Å². The van der Waals surface area contributed by atoms with Crippen LogP contribution in [0.4, 0.5) is 5.95 Å². The molecule has 0 aliphatic heterocycles. The molecule has 0 unspecified atom stereocenters. The number of benzene rings is 1. The number of aromatic nitrogens is 2. The maximum Gasteiger partial charge on any atom is 0.270 e. The van der Waals surface area contributed by atoms with Gasteiger partial charge in [-0.15, -0.1) is 0 Å². The molecular weight excluding hydrogens is 312 g/mol. The Morgan fingerprint density at radius 2 is 1.96 bits per heavy atom. The summed E-state index contributed by atoms with van der Waals surface area (Å²) in [7, 11) is 0. The summed E-state index contributed by atoms with van der Waals surface area (Å²) in [5.41, 5.74) is 2.81. The summed E-state index contributed by atoms with van der Waals surface area (Å²) >= 11 is 0. The number of hydrogen-bond acceptors (Lipinski definition) is 4. The van der Waals surface area contributed by atoms with Crippen LogP contribution in [0.15, 0.2) is 36.5 Å². The van der Waals surface area contributed by atoms with Gasteiger partial charge in [0, 0.05) is 18.8 Å². The summed E-state index contributed by atoms with van der Waals surface area (Å²) in [6, 6.07) is 10.2. The van der Waals surface area contributed by atoms with Crippen molar-refractivity contribution in [3.8, 4) is 0 Å². The van der Waals surface area contributed by atoms with Gasteiger partial charge in [0.2, 0.25) is 5.95 Å². The number of amides is 1. The van der Waals surface area contributed by atoms with Gasteiger partial charge in [-0.3, -0.25) is 4.79 Å². The molecule has 5 heteroatoms. The van der Waals surface area contributed by atoms with Gasteiger partial charge in [-0.1, -0.05) is 55.5 Å². The molecular formula is C20H26N4O. The SMILES string of the molecule is Cc1cccc(CNc2nccc(C(=O)NC3CCCCCC3)n2)c1. The molecule has 2 aromatic rings. The molecule has 1 fully saturated rings. The maximum atomic E-state index is 12.5. The summed E-state index contributed by atoms with van der Waals surface area (Å²) in [4.78, 5) is 21.1. The fraction of sp³-hybridized carbons (Fsp3) is 0.450. The van der Waals surface area contributed by atoms with Crippen LogP contribution in [0, 0.1) is 6.92 Å². The van der Waals surface area contributed by atoms with E-state index in [0.29, 0.717) is 18.2 Å². The first-order chi connectivity index (χ1) is 12.2. The van der Waals surface area contributed by atoms with E-state index in [0.717, 1.165) is 18.4 Å². The normalized spacial score (nSPS) is 15.4. The molecule has 0 spiro atoms. The molecule has 132 valence electrons. The Hall–Kier alpha value is -2.43. The second-order valence-electron chi connectivity index (χ2n) is 6.77. The Balaban J connectivity index is 1.59. The zero-order valence-corrected chi connectivity index (χ0v) is 14.8. The van der Waals surface area contributed by atoms with Crippen molar-refractivity contribution in [2.75, 3.05) is 5.32 Å². The topological polar surface area (TPSA) is 66.9 Å². The number of nitrogens with one attached hydrogen (secondary N) is 2. The lowest BCUT2D eigenvalue weighted by Crippen LogP contribution is -2.35. The second-order valence-corrected chi connectivity index (χ2v) is 6.77. The standard InChI is InChI=1S/C20H26N4O/c1-15-7-6-8-16(13-15)14-22-20-21-12-11-18(24-20)19(25)23-17-9-4-2-3-5-10-17/h6-8,11-13,17H,2-5,9-10,14H2,1H3,(H,23,25)(H,21,22,24). The third kappa shape index (κ3) is 5.28. The molecule has 1 aliphatic carbocycles. The van der Waals surface area contributed by atoms with Crippen LogP contribution >= 0.6 is 0 Å². The predicted octanol–water partition coefficient (Wildman–Crippen LogP) is 3.85. The summed E-state index contributed by atoms with van der Waals surface area (Å²) < 4.78 is 0. The van der Waals surface area contributed by atoms with Gasteiger partial charge in [0.1, 0.15) is 5.69 Å². The molecule has 1 aromatic carbocycles. The van der Waals surface area contributed by atoms with Crippen LogP contribution in [0.5, 0.6) is 0 Å². The molecule has 2 N–H and O–H groups in total. The summed E-state index contributed by atoms with van der Waals surface area (Å²) in [5, 5.41) is 6.32. The van der Waals surface area contributed by atoms with Gasteiger partial charge in [0.05, 0.1) is 0 Å². The van der Waals surface area contributed by atoms with Gasteiger partial charge < -0.3 is 10.6 Å². The highest BCUT2D eigenvalue weighted by Gasteiger charge is 2.17. The molecule has 1 aliphatic rings. The monoisotopic (exact) mass is 338 g/mol. The molecule has 0 bridgehead atoms. The largest absolute Gasteiger partial charge is 0.350 e. The van der Waals surface area contributed by atoms with Crippen LogP contribution in [-0.2, 0) is 6.54 Å². The van der Waals surface area contributed by atoms with Gasteiger partial charge >= 0.3 is 0 Å². The molecule has 3 rings (SSSR count). The highest BCUT2D eigenvalue weighted by molar-refractivity contribution is 5.92. The first-order valence-corrected chi connectivity index (χ1v) is 9.14. The smallest absolute Gasteiger partial charge is 0.270 e. The fourth-order valence-electron chi connectivity index (χ4n) is 3.26. The Kier molecular flexibility index (Phi) is 5.99. The fourth-order valence-corrected chi connectivity index (χ4v) is 3.26. The van der Waals surface area contributed by atoms with Crippen molar-refractivity contribution in [1.29, 1.82) is 0 Å². The highest BCUT2D eigenvalue weighted by atomic mass is 16.1. The third-order valence-corrected chi connectivity index (χ3v) is 4.61. The Morgan fingerprint density at radius 3 is 2.72 bits per heavy atom. The van der Waals surface area contributed by atoms with E-state index < -0.39 is 0 Å². The number of rotatable bonds is 5. The summed E-state index contributed by atoms with van der Waals surface area (Å²) in [6.07, 6.45) is 8.69. The van der Waals surface area contributed by atoms with Crippen molar-refractivity contribution in [2.24, 2.45) is 0 Å². The van der Waals surface area contributed by atoms with Crippen LogP contribution in [0.1, 0.15) is 60.1 Å². The van der Waals surface area contributed by atoms with Gasteiger partial charge in [-0.05, 0) is 31.4 Å². The van der Waals surface area contributed by atoms with Crippen LogP contribution in [-0.4, -0.2) is 21.9 Å². The molecule has 5 nitrogen and oxygen atoms in total.